The lowest BCUT2D eigenvalue weighted by Crippen LogP contribution is -2.33. The van der Waals surface area contributed by atoms with E-state index in [1.165, 1.54) is 4.31 Å². The molecule has 0 fully saturated rings. The molecule has 3 rings (SSSR count). The molecule has 3 aromatic carbocycles. The molecule has 0 heterocycles. The molecule has 3 aromatic rings. The number of anilines is 1. The Labute approximate surface area is 171 Å². The number of nitrogens with one attached hydrogen (secondary N) is 1. The molecule has 0 atom stereocenters. The van der Waals surface area contributed by atoms with Crippen molar-refractivity contribution in [3.8, 4) is 0 Å². The minimum absolute atomic E-state index is 0.101. The van der Waals surface area contributed by atoms with Crippen LogP contribution in [-0.4, -0.2) is 20.9 Å². The molecule has 0 bridgehead atoms. The smallest absolute Gasteiger partial charge is 0.264 e. The largest absolute Gasteiger partial charge is 0.349 e. The molecule has 6 heteroatoms. The van der Waals surface area contributed by atoms with Crippen LogP contribution in [0.15, 0.2) is 102 Å². The van der Waals surface area contributed by atoms with Crippen LogP contribution in [0.5, 0.6) is 0 Å². The van der Waals surface area contributed by atoms with Crippen LogP contribution < -0.4 is 9.62 Å². The summed E-state index contributed by atoms with van der Waals surface area (Å²) in [6.45, 7) is 3.99. The minimum Gasteiger partial charge on any atom is -0.349 e. The summed E-state index contributed by atoms with van der Waals surface area (Å²) in [7, 11) is -3.90. The van der Waals surface area contributed by atoms with E-state index in [1.54, 1.807) is 60.7 Å². The summed E-state index contributed by atoms with van der Waals surface area (Å²) in [5.74, 6) is -0.359. The van der Waals surface area contributed by atoms with Gasteiger partial charge in [0.25, 0.3) is 15.9 Å². The number of amides is 1. The quantitative estimate of drug-likeness (QED) is 0.575. The van der Waals surface area contributed by atoms with Crippen molar-refractivity contribution in [2.75, 3.05) is 10.8 Å². The standard InChI is InChI=1S/C23H22N2O3S/c1-2-17-24-23(26)21-15-9-10-16-22(21)25(18-19-11-5-3-6-12-19)29(27,28)20-13-7-4-8-14-20/h2-16H,1,17-18H2,(H,24,26). The monoisotopic (exact) mass is 406 g/mol. The number of hydrogen-bond donors (Lipinski definition) is 1. The number of hydrogen-bond acceptors (Lipinski definition) is 3. The van der Waals surface area contributed by atoms with Crippen molar-refractivity contribution in [3.63, 3.8) is 0 Å². The second-order valence-corrected chi connectivity index (χ2v) is 8.19. The van der Waals surface area contributed by atoms with Crippen molar-refractivity contribution in [2.24, 2.45) is 0 Å². The number of carbonyl (C=O) groups excluding carboxylic acids is 1. The molecular formula is C23H22N2O3S. The third-order valence-corrected chi connectivity index (χ3v) is 6.10. The average molecular weight is 407 g/mol. The van der Waals surface area contributed by atoms with Gasteiger partial charge < -0.3 is 5.32 Å². The van der Waals surface area contributed by atoms with E-state index in [0.717, 1.165) is 5.56 Å². The van der Waals surface area contributed by atoms with Crippen LogP contribution in [0.3, 0.4) is 0 Å². The van der Waals surface area contributed by atoms with Crippen molar-refractivity contribution < 1.29 is 13.2 Å². The number of rotatable bonds is 8. The van der Waals surface area contributed by atoms with E-state index in [0.29, 0.717) is 5.69 Å². The summed E-state index contributed by atoms with van der Waals surface area (Å²) in [6, 6.07) is 24.2. The van der Waals surface area contributed by atoms with E-state index in [2.05, 4.69) is 11.9 Å². The molecule has 0 aliphatic heterocycles. The van der Waals surface area contributed by atoms with Gasteiger partial charge in [-0.2, -0.15) is 0 Å². The summed E-state index contributed by atoms with van der Waals surface area (Å²) >= 11 is 0. The number of nitrogens with zero attached hydrogens (tertiary/aromatic N) is 1. The molecule has 0 unspecified atom stereocenters. The van der Waals surface area contributed by atoms with E-state index in [1.807, 2.05) is 30.3 Å². The summed E-state index contributed by atoms with van der Waals surface area (Å²) in [5, 5.41) is 2.72. The van der Waals surface area contributed by atoms with Crippen LogP contribution in [-0.2, 0) is 16.6 Å². The molecule has 0 aromatic heterocycles. The average Bonchev–Trinajstić information content (AvgIpc) is 2.77. The molecule has 0 spiro atoms. The van der Waals surface area contributed by atoms with Crippen molar-refractivity contribution in [3.05, 3.63) is 109 Å². The van der Waals surface area contributed by atoms with Crippen molar-refractivity contribution in [1.29, 1.82) is 0 Å². The Hall–Kier alpha value is -3.38. The Morgan fingerprint density at radius 3 is 2.14 bits per heavy atom. The van der Waals surface area contributed by atoms with Gasteiger partial charge in [-0.05, 0) is 29.8 Å². The van der Waals surface area contributed by atoms with Gasteiger partial charge in [-0.15, -0.1) is 6.58 Å². The van der Waals surface area contributed by atoms with Gasteiger partial charge in [-0.25, -0.2) is 8.42 Å². The number of para-hydroxylation sites is 1. The van der Waals surface area contributed by atoms with E-state index in [-0.39, 0.29) is 29.5 Å². The Kier molecular flexibility index (Phi) is 6.46. The molecule has 0 saturated carbocycles. The Balaban J connectivity index is 2.12. The van der Waals surface area contributed by atoms with Crippen LogP contribution in [0.2, 0.25) is 0 Å². The summed E-state index contributed by atoms with van der Waals surface area (Å²) in [5.41, 5.74) is 1.42. The maximum atomic E-state index is 13.5. The number of sulfonamides is 1. The fourth-order valence-electron chi connectivity index (χ4n) is 2.91. The molecule has 0 aliphatic rings. The number of carbonyl (C=O) groups is 1. The summed E-state index contributed by atoms with van der Waals surface area (Å²) in [6.07, 6.45) is 1.57. The Morgan fingerprint density at radius 2 is 1.48 bits per heavy atom. The van der Waals surface area contributed by atoms with Crippen LogP contribution in [0.25, 0.3) is 0 Å². The van der Waals surface area contributed by atoms with Gasteiger partial charge >= 0.3 is 0 Å². The lowest BCUT2D eigenvalue weighted by atomic mass is 10.1. The SMILES string of the molecule is C=CCNC(=O)c1ccccc1N(Cc1ccccc1)S(=O)(=O)c1ccccc1. The Bertz CT molecular complexity index is 1080. The van der Waals surface area contributed by atoms with Crippen molar-refractivity contribution in [1.82, 2.24) is 5.32 Å². The molecule has 0 aliphatic carbocycles. The number of benzene rings is 3. The predicted molar refractivity (Wildman–Crippen MR) is 115 cm³/mol. The van der Waals surface area contributed by atoms with Gasteiger partial charge in [0.05, 0.1) is 22.7 Å². The molecule has 0 radical (unpaired) electrons. The normalized spacial score (nSPS) is 10.9. The highest BCUT2D eigenvalue weighted by atomic mass is 32.2. The molecular weight excluding hydrogens is 384 g/mol. The van der Waals surface area contributed by atoms with Crippen LogP contribution in [0.4, 0.5) is 5.69 Å². The fraction of sp³-hybridized carbons (Fsp3) is 0.0870. The maximum absolute atomic E-state index is 13.5. The highest BCUT2D eigenvalue weighted by molar-refractivity contribution is 7.92. The molecule has 1 amide bonds. The van der Waals surface area contributed by atoms with Gasteiger partial charge in [0, 0.05) is 6.54 Å². The zero-order valence-corrected chi connectivity index (χ0v) is 16.7. The zero-order valence-electron chi connectivity index (χ0n) is 15.9. The van der Waals surface area contributed by atoms with E-state index >= 15 is 0 Å². The topological polar surface area (TPSA) is 66.5 Å². The highest BCUT2D eigenvalue weighted by Gasteiger charge is 2.28. The van der Waals surface area contributed by atoms with Crippen molar-refractivity contribution in [2.45, 2.75) is 11.4 Å². The van der Waals surface area contributed by atoms with Crippen LogP contribution in [0.1, 0.15) is 15.9 Å². The first-order chi connectivity index (χ1) is 14.0. The molecule has 148 valence electrons. The first kappa shape index (κ1) is 20.4. The van der Waals surface area contributed by atoms with Gasteiger partial charge in [0.1, 0.15) is 0 Å². The molecule has 29 heavy (non-hydrogen) atoms. The molecule has 0 saturated heterocycles. The fourth-order valence-corrected chi connectivity index (χ4v) is 4.40. The van der Waals surface area contributed by atoms with Crippen molar-refractivity contribution >= 4 is 21.6 Å². The predicted octanol–water partition coefficient (Wildman–Crippen LogP) is 4.00. The van der Waals surface area contributed by atoms with E-state index < -0.39 is 10.0 Å². The van der Waals surface area contributed by atoms with E-state index in [4.69, 9.17) is 0 Å². The first-order valence-electron chi connectivity index (χ1n) is 9.14. The molecule has 1 N–H and O–H groups in total. The highest BCUT2D eigenvalue weighted by Crippen LogP contribution is 2.29. The van der Waals surface area contributed by atoms with Gasteiger partial charge in [-0.1, -0.05) is 66.7 Å². The summed E-state index contributed by atoms with van der Waals surface area (Å²) in [4.78, 5) is 12.8. The first-order valence-corrected chi connectivity index (χ1v) is 10.6. The second kappa shape index (κ2) is 9.21. The lowest BCUT2D eigenvalue weighted by Gasteiger charge is -2.26. The zero-order chi connectivity index (χ0) is 20.7. The van der Waals surface area contributed by atoms with Crippen LogP contribution in [0, 0.1) is 0 Å². The third kappa shape index (κ3) is 4.73. The summed E-state index contributed by atoms with van der Waals surface area (Å²) < 4.78 is 28.3. The van der Waals surface area contributed by atoms with Gasteiger partial charge in [-0.3, -0.25) is 9.10 Å². The minimum atomic E-state index is -3.90. The van der Waals surface area contributed by atoms with Gasteiger partial charge in [0.15, 0.2) is 0 Å². The third-order valence-electron chi connectivity index (χ3n) is 4.32. The Morgan fingerprint density at radius 1 is 0.897 bits per heavy atom. The second-order valence-electron chi connectivity index (χ2n) is 6.33. The maximum Gasteiger partial charge on any atom is 0.264 e. The molecule has 5 nitrogen and oxygen atoms in total. The van der Waals surface area contributed by atoms with Gasteiger partial charge in [0.2, 0.25) is 0 Å². The van der Waals surface area contributed by atoms with Crippen LogP contribution >= 0.6 is 0 Å². The van der Waals surface area contributed by atoms with E-state index in [9.17, 15) is 13.2 Å². The lowest BCUT2D eigenvalue weighted by molar-refractivity contribution is 0.0958.